The average molecular weight is 365 g/mol. The molecule has 6 heteroatoms. The van der Waals surface area contributed by atoms with Gasteiger partial charge in [-0.3, -0.25) is 4.79 Å². The van der Waals surface area contributed by atoms with Crippen molar-refractivity contribution in [1.29, 1.82) is 0 Å². The maximum absolute atomic E-state index is 11.7. The summed E-state index contributed by atoms with van der Waals surface area (Å²) < 4.78 is 0.991. The van der Waals surface area contributed by atoms with Crippen molar-refractivity contribution < 1.29 is 14.7 Å². The minimum atomic E-state index is -1.02. The fourth-order valence-electron chi connectivity index (χ4n) is 1.21. The molecule has 2 N–H and O–H groups in total. The molecule has 1 amide bonds. The number of rotatable bonds is 6. The number of carbonyl (C=O) groups excluding carboxylic acids is 1. The SMILES string of the molecule is C=CCCC(NC(=O)c1csc(I)c1)C(=O)O. The van der Waals surface area contributed by atoms with E-state index in [4.69, 9.17) is 5.11 Å². The summed E-state index contributed by atoms with van der Waals surface area (Å²) in [6, 6.07) is 0.866. The van der Waals surface area contributed by atoms with E-state index in [-0.39, 0.29) is 5.91 Å². The fourth-order valence-corrected chi connectivity index (χ4v) is 2.54. The van der Waals surface area contributed by atoms with Gasteiger partial charge in [-0.2, -0.15) is 0 Å². The summed E-state index contributed by atoms with van der Waals surface area (Å²) >= 11 is 3.56. The molecule has 0 bridgehead atoms. The molecule has 0 aromatic carbocycles. The van der Waals surface area contributed by atoms with Crippen molar-refractivity contribution in [3.8, 4) is 0 Å². The van der Waals surface area contributed by atoms with E-state index in [2.05, 4.69) is 34.5 Å². The van der Waals surface area contributed by atoms with E-state index in [1.165, 1.54) is 11.3 Å². The molecule has 0 aliphatic heterocycles. The number of carboxylic acid groups (broad SMARTS) is 1. The minimum Gasteiger partial charge on any atom is -0.480 e. The van der Waals surface area contributed by atoms with Crippen LogP contribution in [0.15, 0.2) is 24.1 Å². The van der Waals surface area contributed by atoms with Crippen LogP contribution >= 0.6 is 33.9 Å². The van der Waals surface area contributed by atoms with Crippen molar-refractivity contribution in [2.45, 2.75) is 18.9 Å². The molecular weight excluding hydrogens is 353 g/mol. The van der Waals surface area contributed by atoms with E-state index in [0.717, 1.165) is 2.88 Å². The van der Waals surface area contributed by atoms with Crippen LogP contribution in [0.3, 0.4) is 0 Å². The summed E-state index contributed by atoms with van der Waals surface area (Å²) in [5.74, 6) is -1.37. The number of carbonyl (C=O) groups is 2. The van der Waals surface area contributed by atoms with Crippen molar-refractivity contribution in [2.75, 3.05) is 0 Å². The number of amides is 1. The summed E-state index contributed by atoms with van der Waals surface area (Å²) in [7, 11) is 0. The van der Waals surface area contributed by atoms with E-state index in [0.29, 0.717) is 18.4 Å². The maximum atomic E-state index is 11.7. The average Bonchev–Trinajstić information content (AvgIpc) is 2.70. The third-order valence-corrected chi connectivity index (χ3v) is 3.88. The number of halogens is 1. The van der Waals surface area contributed by atoms with Crippen LogP contribution in [0, 0.1) is 2.88 Å². The van der Waals surface area contributed by atoms with Crippen LogP contribution in [0.25, 0.3) is 0 Å². The number of carboxylic acids is 1. The first-order chi connectivity index (χ1) is 8.04. The molecule has 1 rings (SSSR count). The van der Waals surface area contributed by atoms with Gasteiger partial charge in [0.2, 0.25) is 0 Å². The lowest BCUT2D eigenvalue weighted by molar-refractivity contribution is -0.139. The zero-order valence-electron chi connectivity index (χ0n) is 8.98. The van der Waals surface area contributed by atoms with Crippen LogP contribution in [0.4, 0.5) is 0 Å². The van der Waals surface area contributed by atoms with Crippen LogP contribution < -0.4 is 5.32 Å². The second-order valence-corrected chi connectivity index (χ2v) is 6.18. The molecular formula is C11H12INO3S. The smallest absolute Gasteiger partial charge is 0.326 e. The third kappa shape index (κ3) is 4.47. The fraction of sp³-hybridized carbons (Fsp3) is 0.273. The van der Waals surface area contributed by atoms with Gasteiger partial charge < -0.3 is 10.4 Å². The number of thiophene rings is 1. The molecule has 0 spiro atoms. The van der Waals surface area contributed by atoms with Crippen LogP contribution in [0.5, 0.6) is 0 Å². The highest BCUT2D eigenvalue weighted by atomic mass is 127. The van der Waals surface area contributed by atoms with Crippen molar-refractivity contribution in [3.63, 3.8) is 0 Å². The maximum Gasteiger partial charge on any atom is 0.326 e. The number of hydrogen-bond donors (Lipinski definition) is 2. The first kappa shape index (κ1) is 14.2. The molecule has 17 heavy (non-hydrogen) atoms. The van der Waals surface area contributed by atoms with Gasteiger partial charge in [0.1, 0.15) is 6.04 Å². The van der Waals surface area contributed by atoms with E-state index in [1.807, 2.05) is 0 Å². The van der Waals surface area contributed by atoms with Gasteiger partial charge in [-0.15, -0.1) is 17.9 Å². The Kier molecular flexibility index (Phi) is 5.63. The Balaban J connectivity index is 2.63. The summed E-state index contributed by atoms with van der Waals surface area (Å²) in [5.41, 5.74) is 0.504. The van der Waals surface area contributed by atoms with E-state index >= 15 is 0 Å². The molecule has 0 aliphatic carbocycles. The van der Waals surface area contributed by atoms with Crippen molar-refractivity contribution in [3.05, 3.63) is 32.5 Å². The molecule has 92 valence electrons. The zero-order valence-corrected chi connectivity index (χ0v) is 12.0. The standard InChI is InChI=1S/C11H12INO3S/c1-2-3-4-8(11(15)16)13-10(14)7-5-9(12)17-6-7/h2,5-6,8H,1,3-4H2,(H,13,14)(H,15,16). The molecule has 1 atom stereocenters. The lowest BCUT2D eigenvalue weighted by atomic mass is 10.1. The molecule has 0 saturated heterocycles. The van der Waals surface area contributed by atoms with Crippen molar-refractivity contribution in [1.82, 2.24) is 5.32 Å². The predicted octanol–water partition coefficient (Wildman–Crippen LogP) is 2.50. The van der Waals surface area contributed by atoms with Crippen LogP contribution in [0.1, 0.15) is 23.2 Å². The molecule has 0 aliphatic rings. The number of aliphatic carboxylic acids is 1. The topological polar surface area (TPSA) is 66.4 Å². The Morgan fingerprint density at radius 2 is 2.35 bits per heavy atom. The van der Waals surface area contributed by atoms with Gasteiger partial charge in [-0.25, -0.2) is 4.79 Å². The highest BCUT2D eigenvalue weighted by Gasteiger charge is 2.20. The minimum absolute atomic E-state index is 0.347. The molecule has 1 aromatic rings. The molecule has 1 unspecified atom stereocenters. The summed E-state index contributed by atoms with van der Waals surface area (Å²) in [6.07, 6.45) is 2.54. The Labute approximate surface area is 117 Å². The van der Waals surface area contributed by atoms with Gasteiger partial charge >= 0.3 is 5.97 Å². The number of allylic oxidation sites excluding steroid dienone is 1. The van der Waals surface area contributed by atoms with Crippen molar-refractivity contribution in [2.24, 2.45) is 0 Å². The largest absolute Gasteiger partial charge is 0.480 e. The van der Waals surface area contributed by atoms with E-state index in [9.17, 15) is 9.59 Å². The molecule has 1 aromatic heterocycles. The van der Waals surface area contributed by atoms with Crippen LogP contribution in [-0.4, -0.2) is 23.0 Å². The quantitative estimate of drug-likeness (QED) is 0.601. The lowest BCUT2D eigenvalue weighted by Crippen LogP contribution is -2.40. The summed E-state index contributed by atoms with van der Waals surface area (Å²) in [6.45, 7) is 3.53. The van der Waals surface area contributed by atoms with Crippen LogP contribution in [0.2, 0.25) is 0 Å². The van der Waals surface area contributed by atoms with Gasteiger partial charge in [0.15, 0.2) is 0 Å². The molecule has 1 heterocycles. The van der Waals surface area contributed by atoms with Gasteiger partial charge in [-0.05, 0) is 41.5 Å². The molecule has 0 radical (unpaired) electrons. The zero-order chi connectivity index (χ0) is 12.8. The Morgan fingerprint density at radius 3 is 2.82 bits per heavy atom. The van der Waals surface area contributed by atoms with Gasteiger partial charge in [0, 0.05) is 5.38 Å². The molecule has 0 saturated carbocycles. The Morgan fingerprint density at radius 1 is 1.65 bits per heavy atom. The summed E-state index contributed by atoms with van der Waals surface area (Å²) in [5, 5.41) is 13.2. The van der Waals surface area contributed by atoms with Gasteiger partial charge in [0.05, 0.1) is 8.45 Å². The Bertz CT molecular complexity index is 430. The van der Waals surface area contributed by atoms with Crippen LogP contribution in [-0.2, 0) is 4.79 Å². The highest BCUT2D eigenvalue weighted by molar-refractivity contribution is 14.1. The summed E-state index contributed by atoms with van der Waals surface area (Å²) in [4.78, 5) is 22.7. The Hall–Kier alpha value is -0.890. The second-order valence-electron chi connectivity index (χ2n) is 3.37. The molecule has 0 fully saturated rings. The van der Waals surface area contributed by atoms with Gasteiger partial charge in [-0.1, -0.05) is 6.08 Å². The monoisotopic (exact) mass is 365 g/mol. The number of hydrogen-bond acceptors (Lipinski definition) is 3. The predicted molar refractivity (Wildman–Crippen MR) is 75.4 cm³/mol. The first-order valence-electron chi connectivity index (χ1n) is 4.93. The number of nitrogens with one attached hydrogen (secondary N) is 1. The molecule has 4 nitrogen and oxygen atoms in total. The van der Waals surface area contributed by atoms with Gasteiger partial charge in [0.25, 0.3) is 5.91 Å². The normalized spacial score (nSPS) is 11.8. The lowest BCUT2D eigenvalue weighted by Gasteiger charge is -2.12. The van der Waals surface area contributed by atoms with E-state index < -0.39 is 12.0 Å². The van der Waals surface area contributed by atoms with E-state index in [1.54, 1.807) is 17.5 Å². The highest BCUT2D eigenvalue weighted by Crippen LogP contribution is 2.16. The second kappa shape index (κ2) is 6.75. The third-order valence-electron chi connectivity index (χ3n) is 2.09. The van der Waals surface area contributed by atoms with Crippen molar-refractivity contribution >= 4 is 45.8 Å². The first-order valence-corrected chi connectivity index (χ1v) is 6.89.